The standard InChI is InChI=1S/C31H35N5O4/c1-7-30(37)36-12-10-22(11-13-36)40-29-16-24-25(17-28(29)39-6)32-18-33-31(24)34-26-15-21(8-9-27(26)38-5)23-14-19(2)35(4)20(23)3/h7-9,14-18,22H,1,10-13H2,2-6H3,(H,32,33,34). The van der Waals surface area contributed by atoms with Crippen LogP contribution in [0.3, 0.4) is 0 Å². The first-order valence-corrected chi connectivity index (χ1v) is 13.3. The number of carbonyl (C=O) groups excluding carboxylic acids is 1. The number of carbonyl (C=O) groups is 1. The molecule has 0 radical (unpaired) electrons. The molecule has 1 fully saturated rings. The summed E-state index contributed by atoms with van der Waals surface area (Å²) in [6.45, 7) is 9.05. The molecule has 0 spiro atoms. The molecule has 9 heteroatoms. The lowest BCUT2D eigenvalue weighted by Crippen LogP contribution is -2.41. The van der Waals surface area contributed by atoms with Crippen LogP contribution in [0.1, 0.15) is 24.2 Å². The second-order valence-corrected chi connectivity index (χ2v) is 9.97. The van der Waals surface area contributed by atoms with Crippen LogP contribution in [0.5, 0.6) is 17.2 Å². The minimum Gasteiger partial charge on any atom is -0.495 e. The number of aryl methyl sites for hydroxylation is 1. The summed E-state index contributed by atoms with van der Waals surface area (Å²) in [6, 6.07) is 12.1. The van der Waals surface area contributed by atoms with Crippen molar-refractivity contribution in [2.75, 3.05) is 32.6 Å². The second-order valence-electron chi connectivity index (χ2n) is 9.97. The molecule has 3 heterocycles. The number of rotatable bonds is 8. The number of nitrogens with zero attached hydrogens (tertiary/aromatic N) is 4. The van der Waals surface area contributed by atoms with E-state index in [0.717, 1.165) is 35.0 Å². The van der Waals surface area contributed by atoms with E-state index in [1.165, 1.54) is 29.4 Å². The summed E-state index contributed by atoms with van der Waals surface area (Å²) in [5.41, 5.74) is 6.14. The molecule has 208 valence electrons. The van der Waals surface area contributed by atoms with Gasteiger partial charge in [0.25, 0.3) is 0 Å². The van der Waals surface area contributed by atoms with Crippen LogP contribution in [0.4, 0.5) is 11.5 Å². The summed E-state index contributed by atoms with van der Waals surface area (Å²) in [5, 5.41) is 4.27. The Labute approximate surface area is 234 Å². The largest absolute Gasteiger partial charge is 0.495 e. The van der Waals surface area contributed by atoms with E-state index in [9.17, 15) is 4.79 Å². The predicted octanol–water partition coefficient (Wildman–Crippen LogP) is 5.57. The molecule has 0 atom stereocenters. The lowest BCUT2D eigenvalue weighted by Gasteiger charge is -2.31. The molecule has 0 unspecified atom stereocenters. The van der Waals surface area contributed by atoms with Gasteiger partial charge in [0.2, 0.25) is 5.91 Å². The lowest BCUT2D eigenvalue weighted by molar-refractivity contribution is -0.127. The van der Waals surface area contributed by atoms with Crippen LogP contribution in [-0.2, 0) is 11.8 Å². The monoisotopic (exact) mass is 541 g/mol. The summed E-state index contributed by atoms with van der Waals surface area (Å²) in [6.07, 6.45) is 4.28. The van der Waals surface area contributed by atoms with Crippen molar-refractivity contribution in [3.05, 3.63) is 66.8 Å². The maximum absolute atomic E-state index is 12.0. The number of fused-ring (bicyclic) bond motifs is 1. The SMILES string of the molecule is C=CC(=O)N1CCC(Oc2cc3c(Nc4cc(-c5cc(C)n(C)c5C)ccc4OC)ncnc3cc2OC)CC1. The lowest BCUT2D eigenvalue weighted by atomic mass is 10.0. The van der Waals surface area contributed by atoms with Crippen molar-refractivity contribution in [2.45, 2.75) is 32.8 Å². The van der Waals surface area contributed by atoms with E-state index in [0.29, 0.717) is 36.2 Å². The molecule has 2 aromatic carbocycles. The molecular formula is C31H35N5O4. The Balaban J connectivity index is 1.47. The fraction of sp³-hybridized carbons (Fsp3) is 0.323. The van der Waals surface area contributed by atoms with Crippen LogP contribution in [0.25, 0.3) is 22.0 Å². The van der Waals surface area contributed by atoms with Gasteiger partial charge in [0.05, 0.1) is 25.4 Å². The molecule has 2 aromatic heterocycles. The maximum atomic E-state index is 12.0. The molecule has 0 aliphatic carbocycles. The number of anilines is 2. The van der Waals surface area contributed by atoms with Crippen LogP contribution in [0.15, 0.2) is 55.4 Å². The van der Waals surface area contributed by atoms with Crippen molar-refractivity contribution in [3.63, 3.8) is 0 Å². The van der Waals surface area contributed by atoms with Gasteiger partial charge in [-0.05, 0) is 49.8 Å². The van der Waals surface area contributed by atoms with Crippen LogP contribution < -0.4 is 19.5 Å². The fourth-order valence-electron chi connectivity index (χ4n) is 5.17. The van der Waals surface area contributed by atoms with Gasteiger partial charge >= 0.3 is 0 Å². The highest BCUT2D eigenvalue weighted by atomic mass is 16.5. The zero-order valence-electron chi connectivity index (χ0n) is 23.7. The summed E-state index contributed by atoms with van der Waals surface area (Å²) >= 11 is 0. The first-order chi connectivity index (χ1) is 19.3. The summed E-state index contributed by atoms with van der Waals surface area (Å²) in [7, 11) is 5.34. The fourth-order valence-corrected chi connectivity index (χ4v) is 5.17. The zero-order chi connectivity index (χ0) is 28.4. The Morgan fingerprint density at radius 1 is 1.02 bits per heavy atom. The van der Waals surface area contributed by atoms with Gasteiger partial charge in [0, 0.05) is 61.4 Å². The first-order valence-electron chi connectivity index (χ1n) is 13.3. The second kappa shape index (κ2) is 11.3. The number of aromatic nitrogens is 3. The first kappa shape index (κ1) is 27.1. The van der Waals surface area contributed by atoms with Gasteiger partial charge < -0.3 is 29.0 Å². The van der Waals surface area contributed by atoms with E-state index >= 15 is 0 Å². The number of benzene rings is 2. The molecule has 1 aliphatic heterocycles. The number of amides is 1. The normalized spacial score (nSPS) is 13.8. The number of piperidine rings is 1. The van der Waals surface area contributed by atoms with Crippen molar-refractivity contribution in [3.8, 4) is 28.4 Å². The Kier molecular flexibility index (Phi) is 7.64. The van der Waals surface area contributed by atoms with Crippen LogP contribution in [-0.4, -0.2) is 58.8 Å². The Morgan fingerprint density at radius 2 is 1.77 bits per heavy atom. The van der Waals surface area contributed by atoms with Gasteiger partial charge in [-0.3, -0.25) is 4.79 Å². The molecule has 9 nitrogen and oxygen atoms in total. The molecule has 40 heavy (non-hydrogen) atoms. The number of hydrogen-bond donors (Lipinski definition) is 1. The average Bonchev–Trinajstić information content (AvgIpc) is 3.24. The van der Waals surface area contributed by atoms with Crippen molar-refractivity contribution in [1.82, 2.24) is 19.4 Å². The highest BCUT2D eigenvalue weighted by Gasteiger charge is 2.24. The molecule has 1 aliphatic rings. The average molecular weight is 542 g/mol. The van der Waals surface area contributed by atoms with Crippen molar-refractivity contribution in [2.24, 2.45) is 7.05 Å². The summed E-state index contributed by atoms with van der Waals surface area (Å²) in [5.74, 6) is 2.48. The van der Waals surface area contributed by atoms with Crippen molar-refractivity contribution in [1.29, 1.82) is 0 Å². The van der Waals surface area contributed by atoms with Gasteiger partial charge in [-0.2, -0.15) is 0 Å². The molecule has 0 bridgehead atoms. The van der Waals surface area contributed by atoms with Gasteiger partial charge in [0.1, 0.15) is 24.0 Å². The van der Waals surface area contributed by atoms with Gasteiger partial charge in [-0.25, -0.2) is 9.97 Å². The highest BCUT2D eigenvalue weighted by Crippen LogP contribution is 2.39. The predicted molar refractivity (Wildman–Crippen MR) is 157 cm³/mol. The van der Waals surface area contributed by atoms with E-state index in [1.807, 2.05) is 18.2 Å². The number of hydrogen-bond acceptors (Lipinski definition) is 7. The highest BCUT2D eigenvalue weighted by molar-refractivity contribution is 5.94. The summed E-state index contributed by atoms with van der Waals surface area (Å²) in [4.78, 5) is 22.8. The molecule has 1 saturated heterocycles. The number of methoxy groups -OCH3 is 2. The Hall–Kier alpha value is -4.53. The third-order valence-corrected chi connectivity index (χ3v) is 7.68. The van der Waals surface area contributed by atoms with Gasteiger partial charge in [-0.15, -0.1) is 0 Å². The van der Waals surface area contributed by atoms with Crippen LogP contribution >= 0.6 is 0 Å². The van der Waals surface area contributed by atoms with Gasteiger partial charge in [-0.1, -0.05) is 12.6 Å². The van der Waals surface area contributed by atoms with E-state index in [1.54, 1.807) is 19.1 Å². The van der Waals surface area contributed by atoms with Crippen LogP contribution in [0.2, 0.25) is 0 Å². The summed E-state index contributed by atoms with van der Waals surface area (Å²) < 4.78 is 19.9. The Morgan fingerprint density at radius 3 is 2.42 bits per heavy atom. The molecular weight excluding hydrogens is 506 g/mol. The smallest absolute Gasteiger partial charge is 0.245 e. The third-order valence-electron chi connectivity index (χ3n) is 7.68. The quantitative estimate of drug-likeness (QED) is 0.292. The topological polar surface area (TPSA) is 90.7 Å². The van der Waals surface area contributed by atoms with E-state index in [-0.39, 0.29) is 12.0 Å². The number of nitrogens with one attached hydrogen (secondary N) is 1. The van der Waals surface area contributed by atoms with E-state index in [2.05, 4.69) is 65.5 Å². The third kappa shape index (κ3) is 5.19. The molecule has 1 N–H and O–H groups in total. The minimum absolute atomic E-state index is 0.0457. The zero-order valence-corrected chi connectivity index (χ0v) is 23.7. The molecule has 4 aromatic rings. The molecule has 5 rings (SSSR count). The number of ether oxygens (including phenoxy) is 3. The van der Waals surface area contributed by atoms with Crippen molar-refractivity contribution >= 4 is 28.3 Å². The van der Waals surface area contributed by atoms with E-state index < -0.39 is 0 Å². The maximum Gasteiger partial charge on any atom is 0.245 e. The van der Waals surface area contributed by atoms with Crippen molar-refractivity contribution < 1.29 is 19.0 Å². The minimum atomic E-state index is -0.0494. The Bertz CT molecular complexity index is 1570. The molecule has 0 saturated carbocycles. The van der Waals surface area contributed by atoms with Crippen LogP contribution in [0, 0.1) is 13.8 Å². The van der Waals surface area contributed by atoms with Gasteiger partial charge in [0.15, 0.2) is 11.5 Å². The van der Waals surface area contributed by atoms with E-state index in [4.69, 9.17) is 14.2 Å². The molecule has 1 amide bonds. The number of likely N-dealkylation sites (tertiary alicyclic amines) is 1.